The largest absolute Gasteiger partial charge is 0.330 e. The number of nitrogens with two attached hydrogens (primary N) is 1. The molecule has 0 heterocycles. The molecule has 2 atom stereocenters. The van der Waals surface area contributed by atoms with Crippen LogP contribution in [0.1, 0.15) is 30.5 Å². The minimum absolute atomic E-state index is 0.370. The normalized spacial score (nSPS) is 14.5. The predicted octanol–water partition coefficient (Wildman–Crippen LogP) is 3.39. The van der Waals surface area contributed by atoms with Gasteiger partial charge in [0.1, 0.15) is 0 Å². The van der Waals surface area contributed by atoms with E-state index in [1.165, 1.54) is 21.9 Å². The Balaban J connectivity index is 2.35. The minimum Gasteiger partial charge on any atom is -0.330 e. The maximum atomic E-state index is 5.68. The zero-order valence-corrected chi connectivity index (χ0v) is 12.1. The van der Waals surface area contributed by atoms with E-state index in [1.807, 2.05) is 7.05 Å². The van der Waals surface area contributed by atoms with Gasteiger partial charge in [0, 0.05) is 6.04 Å². The van der Waals surface area contributed by atoms with Crippen LogP contribution < -0.4 is 11.1 Å². The molecule has 0 spiro atoms. The molecule has 3 N–H and O–H groups in total. The van der Waals surface area contributed by atoms with E-state index in [9.17, 15) is 0 Å². The van der Waals surface area contributed by atoms with Crippen LogP contribution in [0.15, 0.2) is 36.4 Å². The lowest BCUT2D eigenvalue weighted by Crippen LogP contribution is -2.25. The van der Waals surface area contributed by atoms with Gasteiger partial charge in [0.05, 0.1) is 0 Å². The summed E-state index contributed by atoms with van der Waals surface area (Å²) in [5, 5.41) is 6.04. The second kappa shape index (κ2) is 6.18. The first-order valence-corrected chi connectivity index (χ1v) is 7.03. The lowest BCUT2D eigenvalue weighted by Gasteiger charge is -2.24. The first-order chi connectivity index (χ1) is 9.15. The van der Waals surface area contributed by atoms with Gasteiger partial charge in [0.2, 0.25) is 0 Å². The molecular weight excluding hydrogens is 232 g/mol. The fourth-order valence-corrected chi connectivity index (χ4v) is 2.79. The molecule has 0 fully saturated rings. The fourth-order valence-electron chi connectivity index (χ4n) is 2.79. The number of hydrogen-bond acceptors (Lipinski definition) is 2. The average molecular weight is 256 g/mol. The standard InChI is InChI=1S/C17H24N2/c1-12-4-5-15-11-16(7-6-14(15)10-12)17(19-3)13(2)8-9-18/h4-7,10-11,13,17,19H,8-9,18H2,1-3H3. The minimum atomic E-state index is 0.370. The van der Waals surface area contributed by atoms with E-state index in [0.717, 1.165) is 13.0 Å². The summed E-state index contributed by atoms with van der Waals surface area (Å²) in [5.74, 6) is 0.540. The zero-order valence-electron chi connectivity index (χ0n) is 12.1. The summed E-state index contributed by atoms with van der Waals surface area (Å²) in [6, 6.07) is 13.7. The number of hydrogen-bond donors (Lipinski definition) is 2. The summed E-state index contributed by atoms with van der Waals surface area (Å²) in [4.78, 5) is 0. The molecule has 19 heavy (non-hydrogen) atoms. The van der Waals surface area contributed by atoms with Crippen LogP contribution in [0.5, 0.6) is 0 Å². The Morgan fingerprint density at radius 2 is 1.79 bits per heavy atom. The maximum absolute atomic E-state index is 5.68. The lowest BCUT2D eigenvalue weighted by molar-refractivity contribution is 0.392. The van der Waals surface area contributed by atoms with Gasteiger partial charge in [-0.2, -0.15) is 0 Å². The highest BCUT2D eigenvalue weighted by Gasteiger charge is 2.16. The Morgan fingerprint density at radius 3 is 2.47 bits per heavy atom. The van der Waals surface area contributed by atoms with E-state index < -0.39 is 0 Å². The van der Waals surface area contributed by atoms with Gasteiger partial charge < -0.3 is 11.1 Å². The molecule has 0 aromatic heterocycles. The number of fused-ring (bicyclic) bond motifs is 1. The number of rotatable bonds is 5. The van der Waals surface area contributed by atoms with Crippen molar-refractivity contribution < 1.29 is 0 Å². The highest BCUT2D eigenvalue weighted by atomic mass is 14.9. The highest BCUT2D eigenvalue weighted by molar-refractivity contribution is 5.83. The van der Waals surface area contributed by atoms with Crippen LogP contribution in [-0.2, 0) is 0 Å². The van der Waals surface area contributed by atoms with Crippen LogP contribution in [0.2, 0.25) is 0 Å². The van der Waals surface area contributed by atoms with Crippen LogP contribution in [0.3, 0.4) is 0 Å². The molecule has 2 nitrogen and oxygen atoms in total. The zero-order chi connectivity index (χ0) is 13.8. The Labute approximate surface area is 116 Å². The van der Waals surface area contributed by atoms with Gasteiger partial charge >= 0.3 is 0 Å². The molecule has 0 aliphatic carbocycles. The van der Waals surface area contributed by atoms with Gasteiger partial charge in [0.25, 0.3) is 0 Å². The topological polar surface area (TPSA) is 38.0 Å². The second-order valence-electron chi connectivity index (χ2n) is 5.43. The quantitative estimate of drug-likeness (QED) is 0.860. The average Bonchev–Trinajstić information content (AvgIpc) is 2.40. The molecule has 0 saturated carbocycles. The van der Waals surface area contributed by atoms with Crippen molar-refractivity contribution in [2.45, 2.75) is 26.3 Å². The van der Waals surface area contributed by atoms with Crippen molar-refractivity contribution in [3.63, 3.8) is 0 Å². The van der Waals surface area contributed by atoms with Crippen molar-refractivity contribution in [3.05, 3.63) is 47.5 Å². The van der Waals surface area contributed by atoms with Crippen molar-refractivity contribution in [2.24, 2.45) is 11.7 Å². The van der Waals surface area contributed by atoms with E-state index in [1.54, 1.807) is 0 Å². The Morgan fingerprint density at radius 1 is 1.11 bits per heavy atom. The van der Waals surface area contributed by atoms with Crippen LogP contribution in [0, 0.1) is 12.8 Å². The van der Waals surface area contributed by atoms with Gasteiger partial charge in [-0.1, -0.05) is 42.8 Å². The fraction of sp³-hybridized carbons (Fsp3) is 0.412. The molecule has 2 rings (SSSR count). The highest BCUT2D eigenvalue weighted by Crippen LogP contribution is 2.27. The molecule has 0 saturated heterocycles. The molecule has 0 radical (unpaired) electrons. The van der Waals surface area contributed by atoms with Gasteiger partial charge in [0.15, 0.2) is 0 Å². The third kappa shape index (κ3) is 3.14. The van der Waals surface area contributed by atoms with E-state index in [2.05, 4.69) is 55.6 Å². The van der Waals surface area contributed by atoms with Crippen LogP contribution in [0.4, 0.5) is 0 Å². The molecule has 0 bridgehead atoms. The monoisotopic (exact) mass is 256 g/mol. The summed E-state index contributed by atoms with van der Waals surface area (Å²) >= 11 is 0. The van der Waals surface area contributed by atoms with E-state index >= 15 is 0 Å². The summed E-state index contributed by atoms with van der Waals surface area (Å²) in [6.45, 7) is 5.13. The molecule has 2 aromatic rings. The van der Waals surface area contributed by atoms with Crippen molar-refractivity contribution in [1.82, 2.24) is 5.32 Å². The van der Waals surface area contributed by atoms with Crippen LogP contribution in [0.25, 0.3) is 10.8 Å². The molecule has 0 aliphatic heterocycles. The SMILES string of the molecule is CNC(c1ccc2cc(C)ccc2c1)C(C)CCN. The van der Waals surface area contributed by atoms with E-state index in [-0.39, 0.29) is 0 Å². The van der Waals surface area contributed by atoms with Crippen molar-refractivity contribution >= 4 is 10.8 Å². The summed E-state index contributed by atoms with van der Waals surface area (Å²) < 4.78 is 0. The summed E-state index contributed by atoms with van der Waals surface area (Å²) in [6.07, 6.45) is 1.04. The molecule has 2 aromatic carbocycles. The first-order valence-electron chi connectivity index (χ1n) is 7.03. The molecule has 2 unspecified atom stereocenters. The third-order valence-corrected chi connectivity index (χ3v) is 3.88. The number of benzene rings is 2. The molecule has 2 heteroatoms. The summed E-state index contributed by atoms with van der Waals surface area (Å²) in [7, 11) is 2.02. The third-order valence-electron chi connectivity index (χ3n) is 3.88. The number of aryl methyl sites for hydroxylation is 1. The molecule has 0 amide bonds. The summed E-state index contributed by atoms with van der Waals surface area (Å²) in [5.41, 5.74) is 8.33. The van der Waals surface area contributed by atoms with Gasteiger partial charge in [-0.15, -0.1) is 0 Å². The van der Waals surface area contributed by atoms with E-state index in [0.29, 0.717) is 12.0 Å². The van der Waals surface area contributed by atoms with Crippen LogP contribution >= 0.6 is 0 Å². The predicted molar refractivity (Wildman–Crippen MR) is 83.3 cm³/mol. The Kier molecular flexibility index (Phi) is 4.56. The van der Waals surface area contributed by atoms with Crippen LogP contribution in [-0.4, -0.2) is 13.6 Å². The molecule has 102 valence electrons. The Hall–Kier alpha value is -1.38. The van der Waals surface area contributed by atoms with Gasteiger partial charge in [-0.05, 0) is 55.3 Å². The Bertz CT molecular complexity index is 548. The van der Waals surface area contributed by atoms with E-state index in [4.69, 9.17) is 5.73 Å². The molecular formula is C17H24N2. The van der Waals surface area contributed by atoms with Gasteiger partial charge in [-0.25, -0.2) is 0 Å². The van der Waals surface area contributed by atoms with Crippen molar-refractivity contribution in [1.29, 1.82) is 0 Å². The smallest absolute Gasteiger partial charge is 0.0344 e. The molecule has 0 aliphatic rings. The van der Waals surface area contributed by atoms with Crippen molar-refractivity contribution in [3.8, 4) is 0 Å². The lowest BCUT2D eigenvalue weighted by atomic mass is 9.90. The number of nitrogens with one attached hydrogen (secondary N) is 1. The first kappa shape index (κ1) is 14.0. The second-order valence-corrected chi connectivity index (χ2v) is 5.43. The van der Waals surface area contributed by atoms with Crippen molar-refractivity contribution in [2.75, 3.05) is 13.6 Å². The van der Waals surface area contributed by atoms with Gasteiger partial charge in [-0.3, -0.25) is 0 Å². The maximum Gasteiger partial charge on any atom is 0.0344 e.